The molecule has 7 heavy (non-hydrogen) atoms. The fourth-order valence-corrected chi connectivity index (χ4v) is 0.204. The summed E-state index contributed by atoms with van der Waals surface area (Å²) in [6.07, 6.45) is 0. The van der Waals surface area contributed by atoms with Crippen LogP contribution < -0.4 is 0 Å². The molecule has 2 nitrogen and oxygen atoms in total. The average Bonchev–Trinajstić information content (AvgIpc) is 1.64. The molecular weight excluding hydrogens is 88.9 g/mol. The monoisotopic (exact) mass is 99.1 g/mol. The van der Waals surface area contributed by atoms with E-state index in [1.807, 2.05) is 0 Å². The second kappa shape index (κ2) is 2.80. The Bertz CT molecular complexity index is 96.0. The first kappa shape index (κ1) is 4.84. The van der Waals surface area contributed by atoms with Crippen molar-refractivity contribution >= 4 is 13.1 Å². The quantitative estimate of drug-likeness (QED) is 0.389. The Balaban J connectivity index is 3.64. The summed E-state index contributed by atoms with van der Waals surface area (Å²) in [4.78, 5) is 0. The molecule has 0 bridgehead atoms. The van der Waals surface area contributed by atoms with Crippen molar-refractivity contribution in [1.29, 1.82) is 0 Å². The van der Waals surface area contributed by atoms with E-state index >= 15 is 0 Å². The zero-order chi connectivity index (χ0) is 6.73. The first-order chi connectivity index (χ1) is 3.55. The van der Waals surface area contributed by atoms with Crippen LogP contribution in [0.2, 0.25) is 0 Å². The van der Waals surface area contributed by atoms with Crippen LogP contribution in [0.4, 0.5) is 0 Å². The Morgan fingerprint density at radius 1 is 2.14 bits per heavy atom. The molecule has 0 aliphatic heterocycles. The molecule has 1 N–H and O–H groups in total. The molecule has 0 aromatic rings. The average molecular weight is 98.9 g/mol. The van der Waals surface area contributed by atoms with Gasteiger partial charge in [0.1, 0.15) is 0 Å². The third-order valence-electron chi connectivity index (χ3n) is 0.606. The van der Waals surface area contributed by atoms with E-state index in [0.29, 0.717) is 5.06 Å². The Labute approximate surface area is 46.2 Å². The van der Waals surface area contributed by atoms with Crippen LogP contribution in [0, 0.1) is 0 Å². The molecule has 3 heteroatoms. The van der Waals surface area contributed by atoms with Crippen molar-refractivity contribution in [3.8, 4) is 0 Å². The maximum atomic E-state index is 8.69. The van der Waals surface area contributed by atoms with Crippen LogP contribution in [0.25, 0.3) is 0 Å². The zero-order valence-corrected chi connectivity index (χ0v) is 4.55. The van der Waals surface area contributed by atoms with Gasteiger partial charge in [-0.2, -0.15) is 0 Å². The maximum absolute atomic E-state index is 8.69. The summed E-state index contributed by atoms with van der Waals surface area (Å²) in [5, 5.41) is 9.38. The second-order valence-electron chi connectivity index (χ2n) is 1.24. The first-order valence-corrected chi connectivity index (χ1v) is 2.05. The summed E-state index contributed by atoms with van der Waals surface area (Å²) >= 11 is 0. The van der Waals surface area contributed by atoms with E-state index in [4.69, 9.17) is 14.1 Å². The van der Waals surface area contributed by atoms with Gasteiger partial charge >= 0.3 is 45.1 Å². The molecule has 0 fully saturated rings. The summed E-state index contributed by atoms with van der Waals surface area (Å²) in [5.41, 5.74) is 0.243. The molecule has 0 heterocycles. The standard InChI is InChI=1S/C4H9BNO/c1-3-6(7)4(2)5/h7H,3H2,1-2H3/i3D. The van der Waals surface area contributed by atoms with Crippen molar-refractivity contribution < 1.29 is 6.58 Å². The van der Waals surface area contributed by atoms with Gasteiger partial charge in [-0.05, 0) is 0 Å². The van der Waals surface area contributed by atoms with E-state index < -0.39 is 6.52 Å². The summed E-state index contributed by atoms with van der Waals surface area (Å²) in [6.45, 7) is 2.38. The van der Waals surface area contributed by atoms with Crippen molar-refractivity contribution in [3.63, 3.8) is 0 Å². The molecule has 0 aromatic heterocycles. The minimum atomic E-state index is -0.681. The Morgan fingerprint density at radius 2 is 2.57 bits per heavy atom. The fourth-order valence-electron chi connectivity index (χ4n) is 0.204. The summed E-state index contributed by atoms with van der Waals surface area (Å²) < 4.78 is 6.89. The van der Waals surface area contributed by atoms with Gasteiger partial charge in [-0.15, -0.1) is 0 Å². The number of hydrogen-bond acceptors (Lipinski definition) is 2. The third-order valence-corrected chi connectivity index (χ3v) is 0.606. The Morgan fingerprint density at radius 3 is 2.57 bits per heavy atom. The van der Waals surface area contributed by atoms with E-state index in [0.717, 1.165) is 0 Å². The predicted molar refractivity (Wildman–Crippen MR) is 30.6 cm³/mol. The fraction of sp³-hybridized carbons (Fsp3) is 0.750. The Hall–Kier alpha value is -0.305. The topological polar surface area (TPSA) is 23.5 Å². The van der Waals surface area contributed by atoms with Crippen LogP contribution in [0.15, 0.2) is 0 Å². The van der Waals surface area contributed by atoms with Gasteiger partial charge in [0.25, 0.3) is 0 Å². The van der Waals surface area contributed by atoms with Crippen LogP contribution in [0.3, 0.4) is 0 Å². The number of hydrogen-bond donors (Lipinski definition) is 1. The number of rotatable bonds is 2. The van der Waals surface area contributed by atoms with Crippen molar-refractivity contribution in [3.05, 3.63) is 0 Å². The number of hydroxylamine groups is 2. The first-order valence-electron chi connectivity index (χ1n) is 2.63. The van der Waals surface area contributed by atoms with Gasteiger partial charge in [0.2, 0.25) is 0 Å². The van der Waals surface area contributed by atoms with Gasteiger partial charge in [0, 0.05) is 0 Å². The SMILES string of the molecule is [2H]C(C)N(O)C(=[B])C. The molecule has 39 valence electrons. The van der Waals surface area contributed by atoms with Crippen LogP contribution in [-0.2, 0) is 0 Å². The van der Waals surface area contributed by atoms with Crippen LogP contribution in [-0.4, -0.2) is 29.9 Å². The molecule has 0 aromatic carbocycles. The molecule has 1 atom stereocenters. The van der Waals surface area contributed by atoms with E-state index in [9.17, 15) is 0 Å². The minimum absolute atomic E-state index is 0.243. The van der Waals surface area contributed by atoms with Crippen LogP contribution >= 0.6 is 0 Å². The summed E-state index contributed by atoms with van der Waals surface area (Å²) in [5.74, 6) is 0. The van der Waals surface area contributed by atoms with Gasteiger partial charge in [0.15, 0.2) is 0 Å². The molecule has 0 aliphatic carbocycles. The molecule has 0 rings (SSSR count). The summed E-state index contributed by atoms with van der Waals surface area (Å²) in [7, 11) is 5.11. The van der Waals surface area contributed by atoms with E-state index in [2.05, 4.69) is 0 Å². The number of nitrogens with zero attached hydrogens (tertiary/aromatic N) is 1. The summed E-state index contributed by atoms with van der Waals surface area (Å²) in [6, 6.07) is 0. The predicted octanol–water partition coefficient (Wildman–Crippen LogP) is 0.0158. The van der Waals surface area contributed by atoms with E-state index in [-0.39, 0.29) is 5.59 Å². The van der Waals surface area contributed by atoms with E-state index in [1.54, 1.807) is 0 Å². The van der Waals surface area contributed by atoms with Crippen molar-refractivity contribution in [1.82, 2.24) is 5.06 Å². The molecule has 1 unspecified atom stereocenters. The van der Waals surface area contributed by atoms with Crippen molar-refractivity contribution in [2.45, 2.75) is 13.8 Å². The third kappa shape index (κ3) is 2.40. The van der Waals surface area contributed by atoms with Crippen LogP contribution in [0.5, 0.6) is 0 Å². The molecule has 0 saturated heterocycles. The zero-order valence-electron chi connectivity index (χ0n) is 5.55. The molecule has 0 aliphatic rings. The van der Waals surface area contributed by atoms with Gasteiger partial charge < -0.3 is 0 Å². The molecular formula is C4H9BNO. The van der Waals surface area contributed by atoms with Crippen molar-refractivity contribution in [2.75, 3.05) is 6.52 Å². The van der Waals surface area contributed by atoms with Gasteiger partial charge in [-0.3, -0.25) is 0 Å². The Kier molecular flexibility index (Phi) is 1.94. The van der Waals surface area contributed by atoms with Gasteiger partial charge in [-0.1, -0.05) is 0 Å². The van der Waals surface area contributed by atoms with E-state index in [1.165, 1.54) is 13.8 Å². The van der Waals surface area contributed by atoms with Gasteiger partial charge in [-0.25, -0.2) is 0 Å². The van der Waals surface area contributed by atoms with Crippen molar-refractivity contribution in [2.24, 2.45) is 0 Å². The van der Waals surface area contributed by atoms with Crippen LogP contribution in [0.1, 0.15) is 15.2 Å². The molecule has 0 spiro atoms. The van der Waals surface area contributed by atoms with Gasteiger partial charge in [0.05, 0.1) is 0 Å². The molecule has 1 radical (unpaired) electrons. The normalized spacial score (nSPS) is 14.9. The second-order valence-corrected chi connectivity index (χ2v) is 1.24. The molecule has 0 amide bonds. The molecule has 0 saturated carbocycles.